The molecule has 0 radical (unpaired) electrons. The van der Waals surface area contributed by atoms with Crippen LogP contribution in [-0.4, -0.2) is 65.8 Å². The second-order valence-corrected chi connectivity index (χ2v) is 8.48. The minimum Gasteiger partial charge on any atom is -0.356 e. The van der Waals surface area contributed by atoms with E-state index in [1.54, 1.807) is 19.2 Å². The van der Waals surface area contributed by atoms with E-state index >= 15 is 0 Å². The molecule has 0 amide bonds. The van der Waals surface area contributed by atoms with Crippen LogP contribution in [-0.2, 0) is 16.3 Å². The third kappa shape index (κ3) is 5.79. The van der Waals surface area contributed by atoms with Crippen molar-refractivity contribution in [1.82, 2.24) is 15.5 Å². The molecule has 24 heavy (non-hydrogen) atoms. The molecule has 2 N–H and O–H groups in total. The average molecular weight is 353 g/mol. The molecule has 7 heteroatoms. The van der Waals surface area contributed by atoms with Crippen LogP contribution in [0.5, 0.6) is 0 Å². The van der Waals surface area contributed by atoms with Gasteiger partial charge in [0.05, 0.1) is 4.90 Å². The van der Waals surface area contributed by atoms with E-state index in [1.165, 1.54) is 19.2 Å². The van der Waals surface area contributed by atoms with E-state index < -0.39 is 9.84 Å². The fraction of sp³-hybridized carbons (Fsp3) is 0.588. The summed E-state index contributed by atoms with van der Waals surface area (Å²) in [7, 11) is 0.805. The SMILES string of the molecule is CN=C(NCCc1ccc(S(C)(=O)=O)cc1)NCC1CCN(C)C1. The molecule has 0 spiro atoms. The Kier molecular flexibility index (Phi) is 6.62. The van der Waals surface area contributed by atoms with Crippen molar-refractivity contribution in [2.24, 2.45) is 10.9 Å². The predicted octanol–water partition coefficient (Wildman–Crippen LogP) is 0.749. The van der Waals surface area contributed by atoms with Crippen molar-refractivity contribution in [2.75, 3.05) is 46.5 Å². The molecule has 0 aliphatic carbocycles. The number of guanidine groups is 1. The molecule has 134 valence electrons. The van der Waals surface area contributed by atoms with Gasteiger partial charge in [0.2, 0.25) is 0 Å². The van der Waals surface area contributed by atoms with Gasteiger partial charge in [-0.05, 0) is 50.0 Å². The molecule has 0 aromatic heterocycles. The number of hydrogen-bond donors (Lipinski definition) is 2. The lowest BCUT2D eigenvalue weighted by atomic mass is 10.1. The summed E-state index contributed by atoms with van der Waals surface area (Å²) in [6, 6.07) is 7.05. The van der Waals surface area contributed by atoms with E-state index in [-0.39, 0.29) is 0 Å². The molecule has 1 aliphatic rings. The second-order valence-electron chi connectivity index (χ2n) is 6.46. The molecular formula is C17H28N4O2S. The smallest absolute Gasteiger partial charge is 0.190 e. The summed E-state index contributed by atoms with van der Waals surface area (Å²) in [5, 5.41) is 6.69. The third-order valence-electron chi connectivity index (χ3n) is 4.33. The van der Waals surface area contributed by atoms with Gasteiger partial charge < -0.3 is 15.5 Å². The van der Waals surface area contributed by atoms with Crippen LogP contribution in [0.4, 0.5) is 0 Å². The van der Waals surface area contributed by atoms with Gasteiger partial charge in [0.15, 0.2) is 15.8 Å². The van der Waals surface area contributed by atoms with Crippen LogP contribution in [0.25, 0.3) is 0 Å². The molecule has 1 aliphatic heterocycles. The summed E-state index contributed by atoms with van der Waals surface area (Å²) >= 11 is 0. The van der Waals surface area contributed by atoms with Gasteiger partial charge in [0.25, 0.3) is 0 Å². The molecule has 1 unspecified atom stereocenters. The first kappa shape index (κ1) is 18.7. The summed E-state index contributed by atoms with van der Waals surface area (Å²) < 4.78 is 22.9. The quantitative estimate of drug-likeness (QED) is 0.584. The van der Waals surface area contributed by atoms with E-state index in [0.717, 1.165) is 37.6 Å². The zero-order valence-corrected chi connectivity index (χ0v) is 15.6. The lowest BCUT2D eigenvalue weighted by molar-refractivity contribution is 0.394. The van der Waals surface area contributed by atoms with E-state index in [1.807, 2.05) is 12.1 Å². The largest absolute Gasteiger partial charge is 0.356 e. The van der Waals surface area contributed by atoms with Gasteiger partial charge in [-0.3, -0.25) is 4.99 Å². The van der Waals surface area contributed by atoms with Gasteiger partial charge >= 0.3 is 0 Å². The molecule has 0 saturated carbocycles. The minimum absolute atomic E-state index is 0.359. The number of rotatable bonds is 6. The van der Waals surface area contributed by atoms with E-state index in [2.05, 4.69) is 27.6 Å². The average Bonchev–Trinajstić information content (AvgIpc) is 2.96. The number of benzene rings is 1. The predicted molar refractivity (Wildman–Crippen MR) is 98.2 cm³/mol. The van der Waals surface area contributed by atoms with Crippen LogP contribution >= 0.6 is 0 Å². The second kappa shape index (κ2) is 8.48. The molecule has 6 nitrogen and oxygen atoms in total. The molecule has 1 heterocycles. The highest BCUT2D eigenvalue weighted by molar-refractivity contribution is 7.90. The van der Waals surface area contributed by atoms with Crippen molar-refractivity contribution >= 4 is 15.8 Å². The van der Waals surface area contributed by atoms with Crippen LogP contribution in [0, 0.1) is 5.92 Å². The van der Waals surface area contributed by atoms with Crippen LogP contribution in [0.15, 0.2) is 34.2 Å². The normalized spacial score (nSPS) is 19.5. The molecule has 1 aromatic carbocycles. The first-order chi connectivity index (χ1) is 11.4. The summed E-state index contributed by atoms with van der Waals surface area (Å²) in [6.07, 6.45) is 3.27. The van der Waals surface area contributed by atoms with Gasteiger partial charge in [-0.2, -0.15) is 0 Å². The standard InChI is InChI=1S/C17H28N4O2S/c1-18-17(20-12-15-9-11-21(2)13-15)19-10-8-14-4-6-16(7-5-14)24(3,22)23/h4-7,15H,8-13H2,1-3H3,(H2,18,19,20). The Morgan fingerprint density at radius 1 is 1.29 bits per heavy atom. The van der Waals surface area contributed by atoms with Crippen molar-refractivity contribution in [3.05, 3.63) is 29.8 Å². The Labute approximate surface area is 145 Å². The highest BCUT2D eigenvalue weighted by Gasteiger charge is 2.19. The molecule has 1 atom stereocenters. The van der Waals surface area contributed by atoms with Crippen LogP contribution < -0.4 is 10.6 Å². The van der Waals surface area contributed by atoms with E-state index in [0.29, 0.717) is 10.8 Å². The molecule has 2 rings (SSSR count). The van der Waals surface area contributed by atoms with Crippen molar-refractivity contribution < 1.29 is 8.42 Å². The zero-order valence-electron chi connectivity index (χ0n) is 14.7. The van der Waals surface area contributed by atoms with Gasteiger partial charge in [-0.15, -0.1) is 0 Å². The van der Waals surface area contributed by atoms with Gasteiger partial charge in [0.1, 0.15) is 0 Å². The number of hydrogen-bond acceptors (Lipinski definition) is 4. The van der Waals surface area contributed by atoms with Crippen molar-refractivity contribution in [3.8, 4) is 0 Å². The Morgan fingerprint density at radius 3 is 2.54 bits per heavy atom. The lowest BCUT2D eigenvalue weighted by Crippen LogP contribution is -2.41. The fourth-order valence-electron chi connectivity index (χ4n) is 2.88. The summed E-state index contributed by atoms with van der Waals surface area (Å²) in [4.78, 5) is 6.96. The Bertz CT molecular complexity index is 656. The number of likely N-dealkylation sites (tertiary alicyclic amines) is 1. The van der Waals surface area contributed by atoms with Crippen molar-refractivity contribution in [3.63, 3.8) is 0 Å². The molecular weight excluding hydrogens is 324 g/mol. The zero-order chi connectivity index (χ0) is 17.6. The summed E-state index contributed by atoms with van der Waals surface area (Å²) in [5.41, 5.74) is 1.10. The molecule has 1 aromatic rings. The number of nitrogens with zero attached hydrogens (tertiary/aromatic N) is 2. The highest BCUT2D eigenvalue weighted by Crippen LogP contribution is 2.13. The summed E-state index contributed by atoms with van der Waals surface area (Å²) in [6.45, 7) is 3.99. The van der Waals surface area contributed by atoms with Crippen LogP contribution in [0.2, 0.25) is 0 Å². The third-order valence-corrected chi connectivity index (χ3v) is 5.46. The highest BCUT2D eigenvalue weighted by atomic mass is 32.2. The van der Waals surface area contributed by atoms with Gasteiger partial charge in [-0.1, -0.05) is 12.1 Å². The Morgan fingerprint density at radius 2 is 2.00 bits per heavy atom. The maximum atomic E-state index is 11.4. The number of aliphatic imine (C=N–C) groups is 1. The maximum Gasteiger partial charge on any atom is 0.190 e. The fourth-order valence-corrected chi connectivity index (χ4v) is 3.51. The first-order valence-corrected chi connectivity index (χ1v) is 10.2. The maximum absolute atomic E-state index is 11.4. The van der Waals surface area contributed by atoms with Crippen molar-refractivity contribution in [1.29, 1.82) is 0 Å². The molecule has 0 bridgehead atoms. The molecule has 1 fully saturated rings. The van der Waals surface area contributed by atoms with E-state index in [9.17, 15) is 8.42 Å². The number of nitrogens with one attached hydrogen (secondary N) is 2. The Hall–Kier alpha value is -1.60. The number of sulfone groups is 1. The van der Waals surface area contributed by atoms with E-state index in [4.69, 9.17) is 0 Å². The summed E-state index contributed by atoms with van der Waals surface area (Å²) in [5.74, 6) is 1.49. The monoisotopic (exact) mass is 352 g/mol. The van der Waals surface area contributed by atoms with Crippen LogP contribution in [0.1, 0.15) is 12.0 Å². The lowest BCUT2D eigenvalue weighted by Gasteiger charge is -2.15. The van der Waals surface area contributed by atoms with Crippen molar-refractivity contribution in [2.45, 2.75) is 17.7 Å². The Balaban J connectivity index is 1.73. The van der Waals surface area contributed by atoms with Crippen LogP contribution in [0.3, 0.4) is 0 Å². The minimum atomic E-state index is -3.13. The molecule has 1 saturated heterocycles. The van der Waals surface area contributed by atoms with Gasteiger partial charge in [-0.25, -0.2) is 8.42 Å². The van der Waals surface area contributed by atoms with Gasteiger partial charge in [0, 0.05) is 32.9 Å². The topological polar surface area (TPSA) is 73.8 Å². The first-order valence-electron chi connectivity index (χ1n) is 8.30.